The van der Waals surface area contributed by atoms with Gasteiger partial charge in [-0.15, -0.1) is 0 Å². The van der Waals surface area contributed by atoms with E-state index in [9.17, 15) is 9.18 Å². The lowest BCUT2D eigenvalue weighted by Crippen LogP contribution is -2.57. The zero-order chi connectivity index (χ0) is 17.0. The first-order chi connectivity index (χ1) is 11.6. The smallest absolute Gasteiger partial charge is 0.323 e. The Morgan fingerprint density at radius 2 is 1.62 bits per heavy atom. The van der Waals surface area contributed by atoms with Gasteiger partial charge in [-0.1, -0.05) is 12.1 Å². The molecule has 0 unspecified atom stereocenters. The molecule has 126 valence electrons. The van der Waals surface area contributed by atoms with Crippen molar-refractivity contribution >= 4 is 17.4 Å². The number of methoxy groups -OCH3 is 1. The predicted octanol–water partition coefficient (Wildman–Crippen LogP) is 3.19. The average Bonchev–Trinajstić information content (AvgIpc) is 2.56. The van der Waals surface area contributed by atoms with E-state index < -0.39 is 5.67 Å². The van der Waals surface area contributed by atoms with Gasteiger partial charge in [0.1, 0.15) is 11.4 Å². The summed E-state index contributed by atoms with van der Waals surface area (Å²) < 4.78 is 19.1. The van der Waals surface area contributed by atoms with E-state index in [2.05, 4.69) is 16.0 Å². The summed E-state index contributed by atoms with van der Waals surface area (Å²) in [5.74, 6) is 0.726. The molecule has 5 nitrogen and oxygen atoms in total. The molecule has 1 aliphatic rings. The average molecular weight is 329 g/mol. The van der Waals surface area contributed by atoms with Gasteiger partial charge in [-0.3, -0.25) is 0 Å². The fourth-order valence-electron chi connectivity index (χ4n) is 2.56. The number of hydrogen-bond acceptors (Lipinski definition) is 3. The highest BCUT2D eigenvalue weighted by Gasteiger charge is 2.36. The maximum absolute atomic E-state index is 14.0. The number of ether oxygens (including phenoxy) is 1. The number of nitrogens with one attached hydrogen (secondary N) is 3. The van der Waals surface area contributed by atoms with Gasteiger partial charge in [-0.25, -0.2) is 9.18 Å². The Kier molecular flexibility index (Phi) is 4.66. The molecule has 1 saturated heterocycles. The highest BCUT2D eigenvalue weighted by molar-refractivity contribution is 5.99. The molecule has 0 atom stereocenters. The Morgan fingerprint density at radius 3 is 2.08 bits per heavy atom. The highest BCUT2D eigenvalue weighted by Crippen LogP contribution is 2.23. The van der Waals surface area contributed by atoms with Crippen LogP contribution in [0.2, 0.25) is 0 Å². The molecule has 0 bridgehead atoms. The molecule has 1 aliphatic heterocycles. The van der Waals surface area contributed by atoms with E-state index in [-0.39, 0.29) is 6.03 Å². The van der Waals surface area contributed by atoms with Crippen LogP contribution in [0, 0.1) is 0 Å². The third-order valence-electron chi connectivity index (χ3n) is 3.96. The van der Waals surface area contributed by atoms with Gasteiger partial charge >= 0.3 is 6.03 Å². The molecule has 3 rings (SSSR count). The van der Waals surface area contributed by atoms with Gasteiger partial charge in [0.05, 0.1) is 7.11 Å². The SMILES string of the molecule is COc1ccc(NC(=O)Nc2ccc(CC3(F)CNC3)cc2)cc1. The molecule has 1 heterocycles. The van der Waals surface area contributed by atoms with Gasteiger partial charge in [-0.05, 0) is 42.0 Å². The first-order valence-electron chi connectivity index (χ1n) is 7.77. The second-order valence-electron chi connectivity index (χ2n) is 5.94. The molecule has 0 aromatic heterocycles. The summed E-state index contributed by atoms with van der Waals surface area (Å²) in [6, 6.07) is 13.9. The van der Waals surface area contributed by atoms with Crippen LogP contribution in [0.3, 0.4) is 0 Å². The van der Waals surface area contributed by atoms with Crippen LogP contribution in [0.1, 0.15) is 5.56 Å². The molecule has 6 heteroatoms. The number of hydrogen-bond donors (Lipinski definition) is 3. The molecule has 1 fully saturated rings. The number of rotatable bonds is 5. The van der Waals surface area contributed by atoms with E-state index in [1.54, 1.807) is 43.5 Å². The predicted molar refractivity (Wildman–Crippen MR) is 92.5 cm³/mol. The third kappa shape index (κ3) is 4.02. The van der Waals surface area contributed by atoms with E-state index >= 15 is 0 Å². The number of urea groups is 1. The maximum atomic E-state index is 14.0. The molecule has 0 aliphatic carbocycles. The Bertz CT molecular complexity index is 697. The largest absolute Gasteiger partial charge is 0.497 e. The van der Waals surface area contributed by atoms with E-state index in [0.29, 0.717) is 30.9 Å². The molecular formula is C18H20FN3O2. The third-order valence-corrected chi connectivity index (χ3v) is 3.96. The van der Waals surface area contributed by atoms with E-state index in [4.69, 9.17) is 4.74 Å². The van der Waals surface area contributed by atoms with Crippen LogP contribution in [-0.2, 0) is 6.42 Å². The Labute approximate surface area is 140 Å². The number of amides is 2. The van der Waals surface area contributed by atoms with Crippen LogP contribution >= 0.6 is 0 Å². The lowest BCUT2D eigenvalue weighted by molar-refractivity contribution is 0.0912. The standard InChI is InChI=1S/C18H20FN3O2/c1-24-16-8-6-15(7-9-16)22-17(23)21-14-4-2-13(3-5-14)10-18(19)11-20-12-18/h2-9,20H,10-12H2,1H3,(H2,21,22,23). The normalized spacial score (nSPS) is 15.2. The van der Waals surface area contributed by atoms with Gasteiger partial charge in [0, 0.05) is 30.9 Å². The van der Waals surface area contributed by atoms with Crippen molar-refractivity contribution in [3.8, 4) is 5.75 Å². The van der Waals surface area contributed by atoms with Gasteiger partial charge in [0.25, 0.3) is 0 Å². The Balaban J connectivity index is 1.53. The van der Waals surface area contributed by atoms with E-state index in [1.165, 1.54) is 0 Å². The summed E-state index contributed by atoms with van der Waals surface area (Å²) >= 11 is 0. The minimum Gasteiger partial charge on any atom is -0.497 e. The topological polar surface area (TPSA) is 62.4 Å². The molecular weight excluding hydrogens is 309 g/mol. The quantitative estimate of drug-likeness (QED) is 0.789. The van der Waals surface area contributed by atoms with Crippen LogP contribution in [0.25, 0.3) is 0 Å². The van der Waals surface area contributed by atoms with Crippen molar-refractivity contribution in [2.45, 2.75) is 12.1 Å². The summed E-state index contributed by atoms with van der Waals surface area (Å²) in [4.78, 5) is 12.0. The van der Waals surface area contributed by atoms with Crippen molar-refractivity contribution in [1.29, 1.82) is 0 Å². The number of anilines is 2. The summed E-state index contributed by atoms with van der Waals surface area (Å²) in [5.41, 5.74) is 1.10. The van der Waals surface area contributed by atoms with Crippen molar-refractivity contribution in [2.75, 3.05) is 30.8 Å². The molecule has 24 heavy (non-hydrogen) atoms. The molecule has 2 aromatic carbocycles. The summed E-state index contributed by atoms with van der Waals surface area (Å²) in [5, 5.41) is 8.43. The van der Waals surface area contributed by atoms with Crippen LogP contribution in [0.4, 0.5) is 20.6 Å². The fourth-order valence-corrected chi connectivity index (χ4v) is 2.56. The Morgan fingerprint density at radius 1 is 1.08 bits per heavy atom. The van der Waals surface area contributed by atoms with Crippen molar-refractivity contribution < 1.29 is 13.9 Å². The molecule has 0 spiro atoms. The van der Waals surface area contributed by atoms with Crippen LogP contribution < -0.4 is 20.7 Å². The van der Waals surface area contributed by atoms with Crippen LogP contribution in [0.15, 0.2) is 48.5 Å². The number of alkyl halides is 1. The van der Waals surface area contributed by atoms with Crippen molar-refractivity contribution in [3.05, 3.63) is 54.1 Å². The highest BCUT2D eigenvalue weighted by atomic mass is 19.1. The second-order valence-corrected chi connectivity index (χ2v) is 5.94. The lowest BCUT2D eigenvalue weighted by atomic mass is 9.91. The molecule has 0 saturated carbocycles. The zero-order valence-corrected chi connectivity index (χ0v) is 13.4. The zero-order valence-electron chi connectivity index (χ0n) is 13.4. The number of benzene rings is 2. The van der Waals surface area contributed by atoms with Crippen molar-refractivity contribution in [2.24, 2.45) is 0 Å². The number of carbonyl (C=O) groups excluding carboxylic acids is 1. The van der Waals surface area contributed by atoms with Gasteiger partial charge in [0.15, 0.2) is 0 Å². The molecule has 3 N–H and O–H groups in total. The van der Waals surface area contributed by atoms with Crippen molar-refractivity contribution in [3.63, 3.8) is 0 Å². The second kappa shape index (κ2) is 6.88. The fraction of sp³-hybridized carbons (Fsp3) is 0.278. The van der Waals surface area contributed by atoms with E-state index in [1.807, 2.05) is 12.1 Å². The minimum absolute atomic E-state index is 0.335. The number of carbonyl (C=O) groups is 1. The molecule has 0 radical (unpaired) electrons. The van der Waals surface area contributed by atoms with Crippen LogP contribution in [0.5, 0.6) is 5.75 Å². The first-order valence-corrected chi connectivity index (χ1v) is 7.77. The monoisotopic (exact) mass is 329 g/mol. The van der Waals surface area contributed by atoms with Crippen molar-refractivity contribution in [1.82, 2.24) is 5.32 Å². The molecule has 2 amide bonds. The number of halogens is 1. The first kappa shape index (κ1) is 16.3. The summed E-state index contributed by atoms with van der Waals surface area (Å²) in [7, 11) is 1.59. The maximum Gasteiger partial charge on any atom is 0.323 e. The Hall–Kier alpha value is -2.60. The van der Waals surface area contributed by atoms with Crippen LogP contribution in [-0.4, -0.2) is 31.9 Å². The molecule has 2 aromatic rings. The lowest BCUT2D eigenvalue weighted by Gasteiger charge is -2.35. The summed E-state index contributed by atoms with van der Waals surface area (Å²) in [6.07, 6.45) is 0.387. The van der Waals surface area contributed by atoms with Gasteiger partial charge in [0.2, 0.25) is 0 Å². The van der Waals surface area contributed by atoms with Gasteiger partial charge in [-0.2, -0.15) is 0 Å². The van der Waals surface area contributed by atoms with Gasteiger partial charge < -0.3 is 20.7 Å². The van der Waals surface area contributed by atoms with E-state index in [0.717, 1.165) is 11.3 Å². The minimum atomic E-state index is -1.14. The summed E-state index contributed by atoms with van der Waals surface area (Å²) in [6.45, 7) is 0.800.